The Morgan fingerprint density at radius 2 is 2.17 bits per heavy atom. The summed E-state index contributed by atoms with van der Waals surface area (Å²) in [6.07, 6.45) is 4.49. The third kappa shape index (κ3) is 3.38. The van der Waals surface area contributed by atoms with Gasteiger partial charge in [0.1, 0.15) is 17.3 Å². The quantitative estimate of drug-likeness (QED) is 0.775. The van der Waals surface area contributed by atoms with Gasteiger partial charge >= 0.3 is 0 Å². The SMILES string of the molecule is CC.Fc1ccn2c(-c3cccc(NC4CCNC4)n3)cnc2c1. The molecular weight excluding hydrogens is 305 g/mol. The summed E-state index contributed by atoms with van der Waals surface area (Å²) in [5.74, 6) is 0.560. The minimum Gasteiger partial charge on any atom is -0.366 e. The fourth-order valence-corrected chi connectivity index (χ4v) is 2.79. The Balaban J connectivity index is 0.000000815. The zero-order valence-electron chi connectivity index (χ0n) is 14.0. The van der Waals surface area contributed by atoms with Gasteiger partial charge in [-0.3, -0.25) is 4.40 Å². The van der Waals surface area contributed by atoms with Crippen LogP contribution in [0.5, 0.6) is 0 Å². The summed E-state index contributed by atoms with van der Waals surface area (Å²) in [6, 6.07) is 9.12. The molecule has 5 nitrogen and oxygen atoms in total. The number of hydrogen-bond donors (Lipinski definition) is 2. The second-order valence-corrected chi connectivity index (χ2v) is 5.46. The van der Waals surface area contributed by atoms with Gasteiger partial charge in [-0.05, 0) is 31.2 Å². The molecule has 4 heterocycles. The molecule has 1 unspecified atom stereocenters. The van der Waals surface area contributed by atoms with Crippen LogP contribution in [-0.4, -0.2) is 33.5 Å². The maximum Gasteiger partial charge on any atom is 0.140 e. The Morgan fingerprint density at radius 1 is 1.29 bits per heavy atom. The lowest BCUT2D eigenvalue weighted by atomic mass is 10.2. The van der Waals surface area contributed by atoms with Gasteiger partial charge in [-0.25, -0.2) is 14.4 Å². The number of anilines is 1. The Morgan fingerprint density at radius 3 is 2.96 bits per heavy atom. The highest BCUT2D eigenvalue weighted by atomic mass is 19.1. The van der Waals surface area contributed by atoms with Gasteiger partial charge in [0.25, 0.3) is 0 Å². The second kappa shape index (κ2) is 7.40. The predicted octanol–water partition coefficient (Wildman–Crippen LogP) is 3.34. The lowest BCUT2D eigenvalue weighted by molar-refractivity contribution is 0.626. The molecule has 1 saturated heterocycles. The molecular formula is C18H22FN5. The molecule has 0 spiro atoms. The van der Waals surface area contributed by atoms with E-state index in [0.29, 0.717) is 11.7 Å². The van der Waals surface area contributed by atoms with Crippen molar-refractivity contribution in [2.24, 2.45) is 0 Å². The summed E-state index contributed by atoms with van der Waals surface area (Å²) in [7, 11) is 0. The number of fused-ring (bicyclic) bond motifs is 1. The molecule has 4 rings (SSSR count). The number of imidazole rings is 1. The maximum atomic E-state index is 13.3. The van der Waals surface area contributed by atoms with E-state index in [2.05, 4.69) is 20.6 Å². The van der Waals surface area contributed by atoms with Crippen molar-refractivity contribution in [3.05, 3.63) is 48.5 Å². The number of aromatic nitrogens is 3. The molecule has 0 amide bonds. The molecule has 1 aliphatic rings. The van der Waals surface area contributed by atoms with Crippen LogP contribution in [0.15, 0.2) is 42.7 Å². The highest BCUT2D eigenvalue weighted by molar-refractivity contribution is 5.62. The topological polar surface area (TPSA) is 54.2 Å². The molecule has 0 aliphatic carbocycles. The third-order valence-electron chi connectivity index (χ3n) is 3.90. The van der Waals surface area contributed by atoms with E-state index in [9.17, 15) is 4.39 Å². The number of pyridine rings is 2. The average molecular weight is 327 g/mol. The van der Waals surface area contributed by atoms with Gasteiger partial charge in [-0.1, -0.05) is 19.9 Å². The summed E-state index contributed by atoms with van der Waals surface area (Å²) in [5, 5.41) is 6.76. The third-order valence-corrected chi connectivity index (χ3v) is 3.90. The smallest absolute Gasteiger partial charge is 0.140 e. The molecule has 1 aliphatic heterocycles. The van der Waals surface area contributed by atoms with Crippen LogP contribution in [-0.2, 0) is 0 Å². The Hall–Kier alpha value is -2.47. The summed E-state index contributed by atoms with van der Waals surface area (Å²) < 4.78 is 15.1. The van der Waals surface area contributed by atoms with Crippen LogP contribution in [0.1, 0.15) is 20.3 Å². The van der Waals surface area contributed by atoms with E-state index in [1.54, 1.807) is 12.4 Å². The molecule has 1 atom stereocenters. The minimum atomic E-state index is -0.290. The fraction of sp³-hybridized carbons (Fsp3) is 0.333. The largest absolute Gasteiger partial charge is 0.366 e. The lowest BCUT2D eigenvalue weighted by Gasteiger charge is -2.12. The van der Waals surface area contributed by atoms with Crippen LogP contribution in [0.2, 0.25) is 0 Å². The van der Waals surface area contributed by atoms with Crippen molar-refractivity contribution in [2.45, 2.75) is 26.3 Å². The van der Waals surface area contributed by atoms with Gasteiger partial charge < -0.3 is 10.6 Å². The summed E-state index contributed by atoms with van der Waals surface area (Å²) >= 11 is 0. The van der Waals surface area contributed by atoms with Crippen molar-refractivity contribution in [2.75, 3.05) is 18.4 Å². The summed E-state index contributed by atoms with van der Waals surface area (Å²) in [6.45, 7) is 6.00. The standard InChI is InChI=1S/C16H16FN5.C2H6/c17-11-5-7-22-14(10-19-16(22)8-11)13-2-1-3-15(21-13)20-12-4-6-18-9-12;1-2/h1-3,5,7-8,10,12,18H,4,6,9H2,(H,20,21);1-2H3. The second-order valence-electron chi connectivity index (χ2n) is 5.46. The van der Waals surface area contributed by atoms with Crippen LogP contribution in [0.25, 0.3) is 17.0 Å². The highest BCUT2D eigenvalue weighted by Gasteiger charge is 2.15. The molecule has 2 N–H and O–H groups in total. The van der Waals surface area contributed by atoms with Gasteiger partial charge in [0.2, 0.25) is 0 Å². The molecule has 24 heavy (non-hydrogen) atoms. The van der Waals surface area contributed by atoms with Gasteiger partial charge in [0, 0.05) is 24.8 Å². The van der Waals surface area contributed by atoms with E-state index >= 15 is 0 Å². The monoisotopic (exact) mass is 327 g/mol. The van der Waals surface area contributed by atoms with E-state index in [0.717, 1.165) is 36.7 Å². The number of nitrogens with one attached hydrogen (secondary N) is 2. The molecule has 0 saturated carbocycles. The molecule has 6 heteroatoms. The molecule has 1 fully saturated rings. The zero-order valence-corrected chi connectivity index (χ0v) is 14.0. The summed E-state index contributed by atoms with van der Waals surface area (Å²) in [5.41, 5.74) is 2.24. The number of hydrogen-bond acceptors (Lipinski definition) is 4. The molecule has 0 bridgehead atoms. The van der Waals surface area contributed by atoms with Gasteiger partial charge in [-0.2, -0.15) is 0 Å². The number of nitrogens with zero attached hydrogens (tertiary/aromatic N) is 3. The molecule has 0 radical (unpaired) electrons. The van der Waals surface area contributed by atoms with Crippen LogP contribution in [0, 0.1) is 5.82 Å². The van der Waals surface area contributed by atoms with Crippen molar-refractivity contribution in [3.8, 4) is 11.4 Å². The molecule has 3 aromatic heterocycles. The van der Waals surface area contributed by atoms with E-state index in [4.69, 9.17) is 0 Å². The minimum absolute atomic E-state index is 0.290. The van der Waals surface area contributed by atoms with Gasteiger partial charge in [0.15, 0.2) is 0 Å². The molecule has 126 valence electrons. The van der Waals surface area contributed by atoms with Crippen molar-refractivity contribution in [1.82, 2.24) is 19.7 Å². The number of halogens is 1. The van der Waals surface area contributed by atoms with Crippen LogP contribution in [0.3, 0.4) is 0 Å². The predicted molar refractivity (Wildman–Crippen MR) is 94.6 cm³/mol. The zero-order chi connectivity index (χ0) is 16.9. The van der Waals surface area contributed by atoms with E-state index in [-0.39, 0.29) is 5.82 Å². The first kappa shape index (κ1) is 16.4. The Labute approximate surface area is 141 Å². The Bertz CT molecular complexity index is 808. The van der Waals surface area contributed by atoms with Crippen LogP contribution < -0.4 is 10.6 Å². The van der Waals surface area contributed by atoms with Crippen LogP contribution >= 0.6 is 0 Å². The van der Waals surface area contributed by atoms with Crippen molar-refractivity contribution in [3.63, 3.8) is 0 Å². The van der Waals surface area contributed by atoms with E-state index < -0.39 is 0 Å². The van der Waals surface area contributed by atoms with Crippen molar-refractivity contribution in [1.29, 1.82) is 0 Å². The highest BCUT2D eigenvalue weighted by Crippen LogP contribution is 2.21. The normalized spacial score (nSPS) is 16.7. The van der Waals surface area contributed by atoms with Gasteiger partial charge in [-0.15, -0.1) is 0 Å². The Kier molecular flexibility index (Phi) is 5.05. The summed E-state index contributed by atoms with van der Waals surface area (Å²) in [4.78, 5) is 8.90. The van der Waals surface area contributed by atoms with Gasteiger partial charge in [0.05, 0.1) is 17.6 Å². The van der Waals surface area contributed by atoms with Crippen molar-refractivity contribution >= 4 is 11.5 Å². The number of rotatable bonds is 3. The van der Waals surface area contributed by atoms with E-state index in [1.807, 2.05) is 36.4 Å². The molecule has 3 aromatic rings. The first-order valence-electron chi connectivity index (χ1n) is 8.37. The average Bonchev–Trinajstić information content (AvgIpc) is 3.26. The fourth-order valence-electron chi connectivity index (χ4n) is 2.79. The molecule has 0 aromatic carbocycles. The first-order valence-corrected chi connectivity index (χ1v) is 8.37. The first-order chi connectivity index (χ1) is 11.8. The maximum absolute atomic E-state index is 13.3. The van der Waals surface area contributed by atoms with Crippen LogP contribution in [0.4, 0.5) is 10.2 Å². The van der Waals surface area contributed by atoms with Crippen molar-refractivity contribution < 1.29 is 4.39 Å². The lowest BCUT2D eigenvalue weighted by Crippen LogP contribution is -2.22. The van der Waals surface area contributed by atoms with E-state index in [1.165, 1.54) is 12.1 Å².